The minimum atomic E-state index is 0.138. The summed E-state index contributed by atoms with van der Waals surface area (Å²) in [6.07, 6.45) is 6.33. The fourth-order valence-electron chi connectivity index (χ4n) is 3.09. The quantitative estimate of drug-likeness (QED) is 0.542. The number of aliphatic hydroxyl groups excluding tert-OH is 1. The van der Waals surface area contributed by atoms with Gasteiger partial charge in [-0.15, -0.1) is 0 Å². The summed E-state index contributed by atoms with van der Waals surface area (Å²) in [6.45, 7) is 3.35. The summed E-state index contributed by atoms with van der Waals surface area (Å²) in [4.78, 5) is 16.5. The van der Waals surface area contributed by atoms with Crippen LogP contribution in [0, 0.1) is 5.92 Å². The minimum absolute atomic E-state index is 0.138. The van der Waals surface area contributed by atoms with E-state index in [9.17, 15) is 4.79 Å². The van der Waals surface area contributed by atoms with Crippen molar-refractivity contribution in [2.45, 2.75) is 39.2 Å². The second-order valence-electron chi connectivity index (χ2n) is 7.48. The number of aromatic nitrogens is 1. The highest BCUT2D eigenvalue weighted by Crippen LogP contribution is 2.17. The van der Waals surface area contributed by atoms with Crippen molar-refractivity contribution in [2.24, 2.45) is 5.92 Å². The molecule has 1 aromatic carbocycles. The van der Waals surface area contributed by atoms with E-state index in [4.69, 9.17) is 9.84 Å². The van der Waals surface area contributed by atoms with Gasteiger partial charge in [0.1, 0.15) is 18.1 Å². The van der Waals surface area contributed by atoms with Crippen LogP contribution in [0.5, 0.6) is 5.75 Å². The summed E-state index contributed by atoms with van der Waals surface area (Å²) in [7, 11) is 0. The van der Waals surface area contributed by atoms with Crippen LogP contribution in [0.2, 0.25) is 0 Å². The molecule has 3 N–H and O–H groups in total. The van der Waals surface area contributed by atoms with Crippen LogP contribution < -0.4 is 15.6 Å². The molecule has 0 bridgehead atoms. The molecule has 0 spiro atoms. The molecule has 0 unspecified atom stereocenters. The van der Waals surface area contributed by atoms with Crippen LogP contribution in [-0.4, -0.2) is 29.0 Å². The van der Waals surface area contributed by atoms with Gasteiger partial charge in [0.2, 0.25) is 0 Å². The predicted octanol–water partition coefficient (Wildman–Crippen LogP) is 3.02. The van der Waals surface area contributed by atoms with E-state index < -0.39 is 0 Å². The van der Waals surface area contributed by atoms with E-state index in [1.165, 1.54) is 0 Å². The maximum atomic E-state index is 12.0. The van der Waals surface area contributed by atoms with Gasteiger partial charge in [0.15, 0.2) is 0 Å². The average Bonchev–Trinajstić information content (AvgIpc) is 3.30. The van der Waals surface area contributed by atoms with Crippen molar-refractivity contribution in [2.75, 3.05) is 13.2 Å². The molecule has 3 rings (SSSR count). The Labute approximate surface area is 172 Å². The van der Waals surface area contributed by atoms with E-state index in [1.54, 1.807) is 6.20 Å². The van der Waals surface area contributed by atoms with Gasteiger partial charge < -0.3 is 15.3 Å². The lowest BCUT2D eigenvalue weighted by atomic mass is 10.00. The van der Waals surface area contributed by atoms with Crippen molar-refractivity contribution in [3.8, 4) is 5.75 Å². The van der Waals surface area contributed by atoms with Crippen molar-refractivity contribution in [3.63, 3.8) is 0 Å². The number of hydrogen-bond acceptors (Lipinski definition) is 6. The first kappa shape index (κ1) is 21.0. The first-order valence-corrected chi connectivity index (χ1v) is 10.1. The monoisotopic (exact) mass is 395 g/mol. The average molecular weight is 396 g/mol. The summed E-state index contributed by atoms with van der Waals surface area (Å²) in [5.41, 5.74) is 10.1. The van der Waals surface area contributed by atoms with Gasteiger partial charge in [-0.1, -0.05) is 31.2 Å². The molecule has 0 radical (unpaired) electrons. The number of hydrogen-bond donors (Lipinski definition) is 3. The summed E-state index contributed by atoms with van der Waals surface area (Å²) in [5, 5.41) is 9.05. The standard InChI is InChI=1S/C23H29N3O3/c1-17(15-27)5-7-20(28)8-6-18-3-2-4-19(13-18)16-29-21-9-10-22(24-14-21)23-11-12-25-26-23/h2-4,9-11,13-14,17,25-27H,5-8,12,15-16H2,1H3/t17-/m1/s1. The molecule has 2 heterocycles. The summed E-state index contributed by atoms with van der Waals surface area (Å²) < 4.78 is 5.86. The topological polar surface area (TPSA) is 83.5 Å². The Morgan fingerprint density at radius 1 is 1.24 bits per heavy atom. The zero-order chi connectivity index (χ0) is 20.5. The lowest BCUT2D eigenvalue weighted by Gasteiger charge is -2.09. The van der Waals surface area contributed by atoms with Crippen molar-refractivity contribution in [1.29, 1.82) is 0 Å². The normalized spacial score (nSPS) is 14.2. The molecule has 0 amide bonds. The highest BCUT2D eigenvalue weighted by molar-refractivity contribution is 5.78. The number of aryl methyl sites for hydroxylation is 1. The zero-order valence-electron chi connectivity index (χ0n) is 16.9. The smallest absolute Gasteiger partial charge is 0.138 e. The van der Waals surface area contributed by atoms with E-state index >= 15 is 0 Å². The number of hydrazine groups is 1. The molecule has 0 aliphatic carbocycles. The molecular weight excluding hydrogens is 366 g/mol. The lowest BCUT2D eigenvalue weighted by Crippen LogP contribution is -2.23. The Morgan fingerprint density at radius 2 is 2.10 bits per heavy atom. The van der Waals surface area contributed by atoms with E-state index in [0.717, 1.165) is 47.7 Å². The first-order valence-electron chi connectivity index (χ1n) is 10.1. The SMILES string of the molecule is C[C@@H](CO)CCC(=O)CCc1cccc(COc2ccc(C3=CCNN3)nc2)c1. The molecular formula is C23H29N3O3. The summed E-state index contributed by atoms with van der Waals surface area (Å²) >= 11 is 0. The number of nitrogens with one attached hydrogen (secondary N) is 2. The van der Waals surface area contributed by atoms with E-state index in [0.29, 0.717) is 19.4 Å². The third-order valence-corrected chi connectivity index (χ3v) is 4.96. The number of rotatable bonds is 11. The third kappa shape index (κ3) is 6.69. The molecule has 1 aromatic heterocycles. The molecule has 0 saturated carbocycles. The van der Waals surface area contributed by atoms with Gasteiger partial charge in [0.05, 0.1) is 17.6 Å². The fourth-order valence-corrected chi connectivity index (χ4v) is 3.09. The number of benzene rings is 1. The van der Waals surface area contributed by atoms with Crippen molar-refractivity contribution in [1.82, 2.24) is 15.8 Å². The minimum Gasteiger partial charge on any atom is -0.487 e. The molecule has 2 aromatic rings. The third-order valence-electron chi connectivity index (χ3n) is 4.96. The van der Waals surface area contributed by atoms with Crippen LogP contribution >= 0.6 is 0 Å². The van der Waals surface area contributed by atoms with Crippen LogP contribution in [0.15, 0.2) is 48.7 Å². The molecule has 1 atom stereocenters. The van der Waals surface area contributed by atoms with Crippen LogP contribution in [0.25, 0.3) is 5.70 Å². The number of carbonyl (C=O) groups is 1. The van der Waals surface area contributed by atoms with E-state index in [1.807, 2.05) is 43.3 Å². The Morgan fingerprint density at radius 3 is 2.83 bits per heavy atom. The van der Waals surface area contributed by atoms with Gasteiger partial charge in [0.25, 0.3) is 0 Å². The maximum absolute atomic E-state index is 12.0. The number of nitrogens with zero attached hydrogens (tertiary/aromatic N) is 1. The Kier molecular flexibility index (Phi) is 7.78. The fraction of sp³-hybridized carbons (Fsp3) is 0.391. The Hall–Kier alpha value is -2.70. The van der Waals surface area contributed by atoms with Crippen LogP contribution in [0.4, 0.5) is 0 Å². The Balaban J connectivity index is 1.46. The lowest BCUT2D eigenvalue weighted by molar-refractivity contribution is -0.119. The van der Waals surface area contributed by atoms with Gasteiger partial charge in [-0.3, -0.25) is 9.78 Å². The van der Waals surface area contributed by atoms with E-state index in [2.05, 4.69) is 21.9 Å². The molecule has 1 aliphatic rings. The summed E-state index contributed by atoms with van der Waals surface area (Å²) in [5.74, 6) is 1.16. The van der Waals surface area contributed by atoms with Crippen molar-refractivity contribution >= 4 is 11.5 Å². The van der Waals surface area contributed by atoms with Gasteiger partial charge in [-0.2, -0.15) is 0 Å². The van der Waals surface area contributed by atoms with E-state index in [-0.39, 0.29) is 18.3 Å². The van der Waals surface area contributed by atoms with Crippen LogP contribution in [0.1, 0.15) is 43.0 Å². The van der Waals surface area contributed by atoms with Gasteiger partial charge in [-0.05, 0) is 48.1 Å². The molecule has 6 nitrogen and oxygen atoms in total. The van der Waals surface area contributed by atoms with Crippen LogP contribution in [0.3, 0.4) is 0 Å². The largest absolute Gasteiger partial charge is 0.487 e. The highest BCUT2D eigenvalue weighted by Gasteiger charge is 2.08. The number of ether oxygens (including phenoxy) is 1. The zero-order valence-corrected chi connectivity index (χ0v) is 16.9. The number of Topliss-reactive ketones (excluding diaryl/α,β-unsaturated/α-hetero) is 1. The number of aliphatic hydroxyl groups is 1. The van der Waals surface area contributed by atoms with Crippen molar-refractivity contribution < 1.29 is 14.6 Å². The summed E-state index contributed by atoms with van der Waals surface area (Å²) in [6, 6.07) is 12.0. The van der Waals surface area contributed by atoms with Crippen molar-refractivity contribution in [3.05, 3.63) is 65.5 Å². The molecule has 0 saturated heterocycles. The van der Waals surface area contributed by atoms with Gasteiger partial charge in [-0.25, -0.2) is 5.43 Å². The molecule has 154 valence electrons. The number of pyridine rings is 1. The molecule has 0 fully saturated rings. The molecule has 1 aliphatic heterocycles. The Bertz CT molecular complexity index is 834. The maximum Gasteiger partial charge on any atom is 0.138 e. The number of ketones is 1. The van der Waals surface area contributed by atoms with Crippen LogP contribution in [-0.2, 0) is 17.8 Å². The second-order valence-corrected chi connectivity index (χ2v) is 7.48. The second kappa shape index (κ2) is 10.7. The van der Waals surface area contributed by atoms with Gasteiger partial charge >= 0.3 is 0 Å². The molecule has 29 heavy (non-hydrogen) atoms. The number of carbonyl (C=O) groups excluding carboxylic acids is 1. The predicted molar refractivity (Wildman–Crippen MR) is 113 cm³/mol. The first-order chi connectivity index (χ1) is 14.1. The highest BCUT2D eigenvalue weighted by atomic mass is 16.5. The van der Waals surface area contributed by atoms with Gasteiger partial charge in [0, 0.05) is 26.0 Å². The molecule has 6 heteroatoms.